The number of para-hydroxylation sites is 4. The molecule has 340 valence electrons. The zero-order valence-electron chi connectivity index (χ0n) is 39.7. The fourth-order valence-electron chi connectivity index (χ4n) is 12.0. The topological polar surface area (TPSA) is 20.6 Å². The van der Waals surface area contributed by atoms with E-state index in [-0.39, 0.29) is 0 Å². The quantitative estimate of drug-likeness (QED) is 0.144. The summed E-state index contributed by atoms with van der Waals surface area (Å²) in [5.74, 6) is 0.809. The highest BCUT2D eigenvalue weighted by Crippen LogP contribution is 2.63. The average molecular weight is 922 g/mol. The van der Waals surface area contributed by atoms with Crippen molar-refractivity contribution in [1.29, 1.82) is 0 Å². The standard InChI is InChI=1S/C68H47N3O/c1-72-55-37-34-51(35-38-55)69(48-19-5-2-6-20-48)53-41-47(46-33-40-67-61(43-46)60-28-14-18-32-66(60)71(67)50-23-9-4-10-24-50)42-54(44-53)70(49-21-7-3-8-22-49)52-36-39-59-58-27-13-17-31-64(58)68(65(59)45-52)62-29-15-11-25-56(62)57-26-12-16-30-63(57)68/h2-45H,1H3. The van der Waals surface area contributed by atoms with Crippen LogP contribution in [0.25, 0.3) is 60.9 Å². The third-order valence-electron chi connectivity index (χ3n) is 15.0. The Balaban J connectivity index is 1.03. The van der Waals surface area contributed by atoms with Crippen molar-refractivity contribution in [2.75, 3.05) is 16.9 Å². The number of methoxy groups -OCH3 is 1. The Morgan fingerprint density at radius 2 is 0.792 bits per heavy atom. The fraction of sp³-hybridized carbons (Fsp3) is 0.0294. The molecule has 0 unspecified atom stereocenters. The van der Waals surface area contributed by atoms with Gasteiger partial charge in [-0.15, -0.1) is 0 Å². The highest BCUT2D eigenvalue weighted by Gasteiger charge is 2.51. The summed E-state index contributed by atoms with van der Waals surface area (Å²) < 4.78 is 8.06. The largest absolute Gasteiger partial charge is 0.497 e. The lowest BCUT2D eigenvalue weighted by Crippen LogP contribution is -2.26. The van der Waals surface area contributed by atoms with E-state index in [2.05, 4.69) is 269 Å². The smallest absolute Gasteiger partial charge is 0.119 e. The van der Waals surface area contributed by atoms with E-state index in [0.29, 0.717) is 0 Å². The van der Waals surface area contributed by atoms with Crippen LogP contribution in [0.3, 0.4) is 0 Å². The van der Waals surface area contributed by atoms with Gasteiger partial charge in [-0.1, -0.05) is 158 Å². The molecule has 1 aromatic heterocycles. The minimum atomic E-state index is -0.489. The van der Waals surface area contributed by atoms with Crippen LogP contribution in [0.15, 0.2) is 267 Å². The molecular formula is C68H47N3O. The van der Waals surface area contributed by atoms with Gasteiger partial charge in [-0.05, 0) is 165 Å². The molecule has 0 saturated heterocycles. The van der Waals surface area contributed by atoms with E-state index in [1.807, 2.05) is 12.1 Å². The molecule has 0 radical (unpaired) electrons. The molecule has 1 heterocycles. The molecule has 2 aliphatic carbocycles. The van der Waals surface area contributed by atoms with Gasteiger partial charge in [0.25, 0.3) is 0 Å². The minimum absolute atomic E-state index is 0.489. The fourth-order valence-corrected chi connectivity index (χ4v) is 12.0. The molecule has 1 spiro atoms. The Hall–Kier alpha value is -9.38. The van der Waals surface area contributed by atoms with E-state index in [1.165, 1.54) is 66.3 Å². The zero-order valence-corrected chi connectivity index (χ0v) is 39.7. The zero-order chi connectivity index (χ0) is 47.8. The third kappa shape index (κ3) is 6.32. The number of fused-ring (bicyclic) bond motifs is 13. The number of anilines is 6. The van der Waals surface area contributed by atoms with E-state index >= 15 is 0 Å². The van der Waals surface area contributed by atoms with Crippen molar-refractivity contribution < 1.29 is 4.74 Å². The van der Waals surface area contributed by atoms with Crippen LogP contribution < -0.4 is 14.5 Å². The number of rotatable bonds is 9. The molecule has 0 saturated carbocycles. The molecule has 14 rings (SSSR count). The van der Waals surface area contributed by atoms with Crippen molar-refractivity contribution in [3.63, 3.8) is 0 Å². The molecule has 4 heteroatoms. The van der Waals surface area contributed by atoms with Gasteiger partial charge in [0.1, 0.15) is 5.75 Å². The number of aromatic nitrogens is 1. The second kappa shape index (κ2) is 16.6. The van der Waals surface area contributed by atoms with Gasteiger partial charge >= 0.3 is 0 Å². The van der Waals surface area contributed by atoms with E-state index in [9.17, 15) is 0 Å². The summed E-state index contributed by atoms with van der Waals surface area (Å²) in [6.07, 6.45) is 0. The number of benzene rings is 11. The maximum Gasteiger partial charge on any atom is 0.119 e. The van der Waals surface area contributed by atoms with Crippen molar-refractivity contribution in [2.24, 2.45) is 0 Å². The van der Waals surface area contributed by atoms with E-state index < -0.39 is 5.41 Å². The first-order chi connectivity index (χ1) is 35.7. The molecule has 0 fully saturated rings. The van der Waals surface area contributed by atoms with Crippen LogP contribution in [0.2, 0.25) is 0 Å². The second-order valence-corrected chi connectivity index (χ2v) is 18.8. The van der Waals surface area contributed by atoms with Gasteiger partial charge in [0.2, 0.25) is 0 Å². The molecule has 0 bridgehead atoms. The predicted molar refractivity (Wildman–Crippen MR) is 298 cm³/mol. The molecule has 0 aliphatic heterocycles. The SMILES string of the molecule is COc1ccc(N(c2ccccc2)c2cc(-c3ccc4c(c3)c3ccccc3n4-c3ccccc3)cc(N(c3ccccc3)c3ccc4c(c3)C3(c5ccccc5-c5ccccc53)c3ccccc3-4)c2)cc1. The highest BCUT2D eigenvalue weighted by molar-refractivity contribution is 6.10. The third-order valence-corrected chi connectivity index (χ3v) is 15.0. The van der Waals surface area contributed by atoms with Crippen LogP contribution in [-0.4, -0.2) is 11.7 Å². The Bertz CT molecular complexity index is 3970. The summed E-state index contributed by atoms with van der Waals surface area (Å²) in [5.41, 5.74) is 21.9. The highest BCUT2D eigenvalue weighted by atomic mass is 16.5. The van der Waals surface area contributed by atoms with E-state index in [1.54, 1.807) is 7.11 Å². The average Bonchev–Trinajstić information content (AvgIpc) is 4.06. The van der Waals surface area contributed by atoms with Crippen molar-refractivity contribution in [3.8, 4) is 44.8 Å². The van der Waals surface area contributed by atoms with Crippen molar-refractivity contribution in [1.82, 2.24) is 4.57 Å². The molecule has 0 N–H and O–H groups in total. The Labute approximate surface area is 419 Å². The summed E-state index contributed by atoms with van der Waals surface area (Å²) >= 11 is 0. The summed E-state index contributed by atoms with van der Waals surface area (Å²) in [7, 11) is 1.72. The summed E-state index contributed by atoms with van der Waals surface area (Å²) in [5, 5.41) is 2.42. The van der Waals surface area contributed by atoms with Gasteiger partial charge in [-0.2, -0.15) is 0 Å². The summed E-state index contributed by atoms with van der Waals surface area (Å²) in [4.78, 5) is 4.81. The van der Waals surface area contributed by atoms with E-state index in [0.717, 1.165) is 56.7 Å². The first-order valence-corrected chi connectivity index (χ1v) is 24.7. The maximum absolute atomic E-state index is 5.68. The molecule has 0 amide bonds. The number of hydrogen-bond acceptors (Lipinski definition) is 3. The lowest BCUT2D eigenvalue weighted by molar-refractivity contribution is 0.415. The lowest BCUT2D eigenvalue weighted by atomic mass is 9.70. The number of nitrogens with zero attached hydrogens (tertiary/aromatic N) is 3. The molecule has 12 aromatic rings. The van der Waals surface area contributed by atoms with Crippen LogP contribution >= 0.6 is 0 Å². The van der Waals surface area contributed by atoms with Gasteiger partial charge in [-0.25, -0.2) is 0 Å². The second-order valence-electron chi connectivity index (χ2n) is 18.8. The van der Waals surface area contributed by atoms with Gasteiger partial charge in [0, 0.05) is 50.6 Å². The molecular weight excluding hydrogens is 875 g/mol. The van der Waals surface area contributed by atoms with Gasteiger partial charge < -0.3 is 19.1 Å². The van der Waals surface area contributed by atoms with Gasteiger partial charge in [0.15, 0.2) is 0 Å². The molecule has 11 aromatic carbocycles. The monoisotopic (exact) mass is 921 g/mol. The Morgan fingerprint density at radius 3 is 1.39 bits per heavy atom. The van der Waals surface area contributed by atoms with E-state index in [4.69, 9.17) is 4.74 Å². The van der Waals surface area contributed by atoms with Crippen LogP contribution in [0.5, 0.6) is 5.75 Å². The van der Waals surface area contributed by atoms with Crippen molar-refractivity contribution >= 4 is 55.9 Å². The van der Waals surface area contributed by atoms with Crippen LogP contribution in [0, 0.1) is 0 Å². The molecule has 0 atom stereocenters. The van der Waals surface area contributed by atoms with Crippen molar-refractivity contribution in [2.45, 2.75) is 5.41 Å². The first-order valence-electron chi connectivity index (χ1n) is 24.7. The summed E-state index contributed by atoms with van der Waals surface area (Å²) in [6.45, 7) is 0. The van der Waals surface area contributed by atoms with Gasteiger partial charge in [0.05, 0.1) is 23.6 Å². The molecule has 2 aliphatic rings. The van der Waals surface area contributed by atoms with Crippen LogP contribution in [0.1, 0.15) is 22.3 Å². The normalized spacial score (nSPS) is 12.6. The number of ether oxygens (including phenoxy) is 1. The van der Waals surface area contributed by atoms with Gasteiger partial charge in [-0.3, -0.25) is 0 Å². The van der Waals surface area contributed by atoms with Crippen LogP contribution in [0.4, 0.5) is 34.1 Å². The van der Waals surface area contributed by atoms with Crippen molar-refractivity contribution in [3.05, 3.63) is 289 Å². The maximum atomic E-state index is 5.68. The Kier molecular flexibility index (Phi) is 9.62. The molecule has 72 heavy (non-hydrogen) atoms. The molecule has 4 nitrogen and oxygen atoms in total. The lowest BCUT2D eigenvalue weighted by Gasteiger charge is -2.33. The minimum Gasteiger partial charge on any atom is -0.497 e. The van der Waals surface area contributed by atoms with Crippen LogP contribution in [-0.2, 0) is 5.41 Å². The summed E-state index contributed by atoms with van der Waals surface area (Å²) in [6, 6.07) is 97.7. The Morgan fingerprint density at radius 1 is 0.319 bits per heavy atom. The first kappa shape index (κ1) is 41.6. The number of hydrogen-bond donors (Lipinski definition) is 0. The predicted octanol–water partition coefficient (Wildman–Crippen LogP) is 17.7.